The van der Waals surface area contributed by atoms with Gasteiger partial charge in [-0.3, -0.25) is 14.5 Å². The lowest BCUT2D eigenvalue weighted by molar-refractivity contribution is -0.139. The number of nitrogens with zero attached hydrogens (tertiary/aromatic N) is 1. The molecule has 0 aromatic heterocycles. The van der Waals surface area contributed by atoms with Crippen LogP contribution >= 0.6 is 0 Å². The molecule has 0 heterocycles. The van der Waals surface area contributed by atoms with Gasteiger partial charge in [-0.05, 0) is 27.2 Å². The second kappa shape index (κ2) is 13.2. The van der Waals surface area contributed by atoms with Gasteiger partial charge < -0.3 is 31.3 Å². The summed E-state index contributed by atoms with van der Waals surface area (Å²) in [6.07, 6.45) is -1.52. The van der Waals surface area contributed by atoms with E-state index >= 15 is 0 Å². The zero-order chi connectivity index (χ0) is 18.6. The number of nitrogens with two attached hydrogens (primary N) is 1. The fraction of sp³-hybridized carbons (Fsp3) is 0.857. The molecule has 0 fully saturated rings. The lowest BCUT2D eigenvalue weighted by Crippen LogP contribution is -2.40. The van der Waals surface area contributed by atoms with Crippen LogP contribution in [-0.4, -0.2) is 86.4 Å². The average molecular weight is 338 g/mol. The largest absolute Gasteiger partial charge is 0.481 e. The highest BCUT2D eigenvalue weighted by Crippen LogP contribution is 1.97. The van der Waals surface area contributed by atoms with Crippen LogP contribution in [0.4, 0.5) is 0 Å². The number of rotatable bonds is 10. The van der Waals surface area contributed by atoms with Crippen molar-refractivity contribution in [2.75, 3.05) is 19.6 Å². The minimum absolute atomic E-state index is 0.0231. The van der Waals surface area contributed by atoms with Crippen LogP contribution in [0.1, 0.15) is 33.6 Å². The van der Waals surface area contributed by atoms with Crippen molar-refractivity contribution < 1.29 is 35.1 Å². The van der Waals surface area contributed by atoms with Crippen LogP contribution in [0.25, 0.3) is 0 Å². The summed E-state index contributed by atoms with van der Waals surface area (Å²) in [6, 6.07) is -1.06. The van der Waals surface area contributed by atoms with E-state index in [2.05, 4.69) is 0 Å². The van der Waals surface area contributed by atoms with Gasteiger partial charge in [-0.2, -0.15) is 0 Å². The van der Waals surface area contributed by atoms with Gasteiger partial charge >= 0.3 is 11.9 Å². The molecule has 0 saturated carbocycles. The second-order valence-corrected chi connectivity index (χ2v) is 5.64. The summed E-state index contributed by atoms with van der Waals surface area (Å²) >= 11 is 0. The molecule has 9 heteroatoms. The first-order valence-electron chi connectivity index (χ1n) is 7.42. The monoisotopic (exact) mass is 338 g/mol. The Morgan fingerprint density at radius 2 is 1.26 bits per heavy atom. The van der Waals surface area contributed by atoms with Gasteiger partial charge in [0.05, 0.1) is 18.3 Å². The van der Waals surface area contributed by atoms with Gasteiger partial charge in [-0.25, -0.2) is 0 Å². The highest BCUT2D eigenvalue weighted by Gasteiger charge is 2.13. The number of aliphatic hydroxyl groups is 3. The van der Waals surface area contributed by atoms with Crippen LogP contribution in [0, 0.1) is 0 Å². The fourth-order valence-corrected chi connectivity index (χ4v) is 1.75. The van der Waals surface area contributed by atoms with E-state index in [4.69, 9.17) is 31.3 Å². The number of aliphatic hydroxyl groups excluding tert-OH is 3. The van der Waals surface area contributed by atoms with Crippen molar-refractivity contribution in [2.45, 2.75) is 58.0 Å². The molecule has 0 aliphatic rings. The Bertz CT molecular complexity index is 311. The summed E-state index contributed by atoms with van der Waals surface area (Å²) in [4.78, 5) is 21.7. The average Bonchev–Trinajstić information content (AvgIpc) is 2.33. The molecule has 0 spiro atoms. The first-order valence-corrected chi connectivity index (χ1v) is 7.42. The zero-order valence-electron chi connectivity index (χ0n) is 13.9. The quantitative estimate of drug-likeness (QED) is 0.284. The van der Waals surface area contributed by atoms with E-state index in [0.29, 0.717) is 19.6 Å². The molecule has 0 aromatic carbocycles. The molecule has 0 saturated heterocycles. The van der Waals surface area contributed by atoms with Crippen molar-refractivity contribution in [3.63, 3.8) is 0 Å². The summed E-state index contributed by atoms with van der Waals surface area (Å²) in [7, 11) is 0. The van der Waals surface area contributed by atoms with Crippen LogP contribution in [0.2, 0.25) is 0 Å². The third kappa shape index (κ3) is 18.7. The van der Waals surface area contributed by atoms with Gasteiger partial charge in [0.25, 0.3) is 0 Å². The van der Waals surface area contributed by atoms with E-state index < -0.39 is 36.3 Å². The molecular weight excluding hydrogens is 308 g/mol. The molecule has 3 unspecified atom stereocenters. The summed E-state index contributed by atoms with van der Waals surface area (Å²) in [5.74, 6) is -2.20. The van der Waals surface area contributed by atoms with Crippen molar-refractivity contribution in [1.29, 1.82) is 0 Å². The molecule has 138 valence electrons. The summed E-state index contributed by atoms with van der Waals surface area (Å²) in [5.41, 5.74) is 5.00. The van der Waals surface area contributed by atoms with E-state index in [-0.39, 0.29) is 12.8 Å². The molecule has 0 aliphatic carbocycles. The minimum Gasteiger partial charge on any atom is -0.481 e. The van der Waals surface area contributed by atoms with Gasteiger partial charge in [0.1, 0.15) is 6.04 Å². The van der Waals surface area contributed by atoms with Crippen molar-refractivity contribution in [1.82, 2.24) is 4.90 Å². The summed E-state index contributed by atoms with van der Waals surface area (Å²) in [5, 5.41) is 43.7. The molecule has 0 aliphatic heterocycles. The van der Waals surface area contributed by atoms with Crippen molar-refractivity contribution in [3.8, 4) is 0 Å². The van der Waals surface area contributed by atoms with Crippen molar-refractivity contribution >= 4 is 11.9 Å². The van der Waals surface area contributed by atoms with E-state index in [1.54, 1.807) is 20.8 Å². The Labute approximate surface area is 136 Å². The maximum absolute atomic E-state index is 9.99. The Balaban J connectivity index is 0. The first-order chi connectivity index (χ1) is 10.5. The number of hydrogen-bond donors (Lipinski definition) is 6. The fourth-order valence-electron chi connectivity index (χ4n) is 1.75. The van der Waals surface area contributed by atoms with Crippen LogP contribution in [0.15, 0.2) is 0 Å². The Morgan fingerprint density at radius 3 is 1.48 bits per heavy atom. The summed E-state index contributed by atoms with van der Waals surface area (Å²) in [6.45, 7) is 6.52. The van der Waals surface area contributed by atoms with Gasteiger partial charge in [0, 0.05) is 26.1 Å². The van der Waals surface area contributed by atoms with Crippen LogP contribution in [0.5, 0.6) is 0 Å². The predicted octanol–water partition coefficient (Wildman–Crippen LogP) is -1.31. The number of carbonyl (C=O) groups is 2. The lowest BCUT2D eigenvalue weighted by Gasteiger charge is -2.25. The van der Waals surface area contributed by atoms with Gasteiger partial charge in [0.15, 0.2) is 0 Å². The number of aliphatic carboxylic acids is 2. The molecule has 0 aromatic rings. The third-order valence-electron chi connectivity index (χ3n) is 2.55. The molecule has 23 heavy (non-hydrogen) atoms. The Hall–Kier alpha value is -1.26. The van der Waals surface area contributed by atoms with Gasteiger partial charge in [-0.1, -0.05) is 0 Å². The Morgan fingerprint density at radius 1 is 0.913 bits per heavy atom. The first kappa shape index (κ1) is 24.0. The number of carboxylic acids is 2. The normalized spacial score (nSPS) is 16.0. The van der Waals surface area contributed by atoms with Gasteiger partial charge in [-0.15, -0.1) is 0 Å². The molecule has 7 N–H and O–H groups in total. The van der Waals surface area contributed by atoms with E-state index in [1.165, 1.54) is 0 Å². The van der Waals surface area contributed by atoms with Crippen molar-refractivity contribution in [3.05, 3.63) is 0 Å². The molecule has 0 radical (unpaired) electrons. The maximum atomic E-state index is 9.99. The topological polar surface area (TPSA) is 165 Å². The van der Waals surface area contributed by atoms with E-state index in [0.717, 1.165) is 0 Å². The molecule has 0 bridgehead atoms. The highest BCUT2D eigenvalue weighted by atomic mass is 16.4. The maximum Gasteiger partial charge on any atom is 0.320 e. The Kier molecular flexibility index (Phi) is 13.8. The molecule has 0 amide bonds. The third-order valence-corrected chi connectivity index (χ3v) is 2.55. The molecule has 4 atom stereocenters. The second-order valence-electron chi connectivity index (χ2n) is 5.64. The zero-order valence-corrected chi connectivity index (χ0v) is 13.9. The summed E-state index contributed by atoms with van der Waals surface area (Å²) < 4.78 is 0. The van der Waals surface area contributed by atoms with Crippen LogP contribution < -0.4 is 5.73 Å². The van der Waals surface area contributed by atoms with Crippen molar-refractivity contribution in [2.24, 2.45) is 5.73 Å². The highest BCUT2D eigenvalue weighted by molar-refractivity contribution is 5.74. The van der Waals surface area contributed by atoms with E-state index in [1.807, 2.05) is 4.90 Å². The molecular formula is C14H30N2O7. The minimum atomic E-state index is -1.17. The standard InChI is InChI=1S/C9H21NO3.C5H9NO4/c1-7(11)4-10(5-8(2)12)6-9(3)13;6-3(5(9)10)1-2-4(7)8/h7-9,11-13H,4-6H2,1-3H3;3H,1-2,6H2,(H,7,8)(H,9,10)/t;3-/m.0/s1. The van der Waals surface area contributed by atoms with Gasteiger partial charge in [0.2, 0.25) is 0 Å². The SMILES string of the molecule is CC(O)CN(CC(C)O)CC(C)O.N[C@@H](CCC(=O)O)C(=O)O. The van der Waals surface area contributed by atoms with Crippen LogP contribution in [-0.2, 0) is 9.59 Å². The molecule has 9 nitrogen and oxygen atoms in total. The molecule has 0 rings (SSSR count). The number of hydrogen-bond acceptors (Lipinski definition) is 7. The predicted molar refractivity (Wildman–Crippen MR) is 84.0 cm³/mol. The van der Waals surface area contributed by atoms with Crippen LogP contribution in [0.3, 0.4) is 0 Å². The number of carboxylic acid groups (broad SMARTS) is 2. The lowest BCUT2D eigenvalue weighted by atomic mass is 10.2. The van der Waals surface area contributed by atoms with E-state index in [9.17, 15) is 9.59 Å². The smallest absolute Gasteiger partial charge is 0.320 e.